The molecule has 0 aliphatic heterocycles. The Balaban J connectivity index is 1.78. The van der Waals surface area contributed by atoms with Gasteiger partial charge in [0.15, 0.2) is 5.58 Å². The molecule has 0 saturated heterocycles. The van der Waals surface area contributed by atoms with Gasteiger partial charge >= 0.3 is 0 Å². The van der Waals surface area contributed by atoms with E-state index in [4.69, 9.17) is 9.73 Å². The molecule has 1 heterocycles. The number of benzene rings is 2. The van der Waals surface area contributed by atoms with Crippen molar-refractivity contribution in [2.45, 2.75) is 11.8 Å². The van der Waals surface area contributed by atoms with Gasteiger partial charge in [-0.1, -0.05) is 47.6 Å². The Morgan fingerprint density at radius 3 is 2.55 bits per heavy atom. The van der Waals surface area contributed by atoms with Gasteiger partial charge < -0.3 is 4.52 Å². The van der Waals surface area contributed by atoms with Crippen LogP contribution >= 0.6 is 0 Å². The first kappa shape index (κ1) is 13.0. The Hall–Kier alpha value is -2.66. The number of para-hydroxylation sites is 1. The molecule has 3 aromatic rings. The second-order valence-corrected chi connectivity index (χ2v) is 5.53. The third-order valence-corrected chi connectivity index (χ3v) is 4.34. The summed E-state index contributed by atoms with van der Waals surface area (Å²) in [5.41, 5.74) is 4.32. The summed E-state index contributed by atoms with van der Waals surface area (Å²) in [6, 6.07) is 17.4. The lowest BCUT2D eigenvalue weighted by Gasteiger charge is -1.98. The molecular formula is C17H14N2O3. The minimum atomic E-state index is -0.383. The van der Waals surface area contributed by atoms with Gasteiger partial charge in [-0.2, -0.15) is 0 Å². The van der Waals surface area contributed by atoms with Gasteiger partial charge in [-0.15, -0.1) is 0 Å². The Morgan fingerprint density at radius 2 is 1.77 bits per heavy atom. The zero-order valence-electron chi connectivity index (χ0n) is 11.6. The number of carbonyl (C=O) groups is 1. The van der Waals surface area contributed by atoms with Gasteiger partial charge in [0, 0.05) is 17.2 Å². The van der Waals surface area contributed by atoms with E-state index in [9.17, 15) is 4.79 Å². The molecule has 1 aliphatic carbocycles. The van der Waals surface area contributed by atoms with Crippen LogP contribution in [0.2, 0.25) is 0 Å². The third kappa shape index (κ3) is 1.90. The van der Waals surface area contributed by atoms with Gasteiger partial charge in [-0.05, 0) is 17.7 Å². The molecular weight excluding hydrogens is 280 g/mol. The Bertz CT molecular complexity index is 828. The molecule has 1 aromatic heterocycles. The highest BCUT2D eigenvalue weighted by Crippen LogP contribution is 2.61. The summed E-state index contributed by atoms with van der Waals surface area (Å²) in [6.07, 6.45) is 0. The van der Waals surface area contributed by atoms with E-state index in [2.05, 4.69) is 5.16 Å². The number of hydrogen-bond donors (Lipinski definition) is 2. The zero-order valence-corrected chi connectivity index (χ0v) is 11.6. The maximum atomic E-state index is 12.0. The number of fused-ring (bicyclic) bond motifs is 1. The normalized spacial score (nSPS) is 23.4. The van der Waals surface area contributed by atoms with Crippen LogP contribution in [0.5, 0.6) is 0 Å². The largest absolute Gasteiger partial charge is 0.356 e. The molecule has 1 amide bonds. The predicted molar refractivity (Wildman–Crippen MR) is 79.4 cm³/mol. The number of hydroxylamine groups is 1. The highest BCUT2D eigenvalue weighted by Gasteiger charge is 2.58. The number of hydrogen-bond acceptors (Lipinski definition) is 4. The molecule has 3 atom stereocenters. The van der Waals surface area contributed by atoms with E-state index in [1.54, 1.807) is 5.48 Å². The molecule has 4 rings (SSSR count). The Labute approximate surface area is 126 Å². The van der Waals surface area contributed by atoms with Crippen LogP contribution in [0.1, 0.15) is 23.1 Å². The minimum absolute atomic E-state index is 0.00172. The van der Waals surface area contributed by atoms with Gasteiger partial charge in [0.05, 0.1) is 11.6 Å². The van der Waals surface area contributed by atoms with E-state index < -0.39 is 0 Å². The third-order valence-electron chi connectivity index (χ3n) is 4.34. The fraction of sp³-hybridized carbons (Fsp3) is 0.176. The molecule has 1 fully saturated rings. The van der Waals surface area contributed by atoms with Gasteiger partial charge in [-0.3, -0.25) is 10.0 Å². The first-order chi connectivity index (χ1) is 10.8. The zero-order chi connectivity index (χ0) is 15.1. The molecule has 3 unspecified atom stereocenters. The molecule has 0 spiro atoms. The molecule has 0 radical (unpaired) electrons. The molecule has 5 nitrogen and oxygen atoms in total. The Morgan fingerprint density at radius 1 is 1.05 bits per heavy atom. The summed E-state index contributed by atoms with van der Waals surface area (Å²) in [7, 11) is 0. The van der Waals surface area contributed by atoms with Crippen molar-refractivity contribution in [3.8, 4) is 0 Å². The fourth-order valence-corrected chi connectivity index (χ4v) is 3.29. The van der Waals surface area contributed by atoms with Crippen molar-refractivity contribution in [1.82, 2.24) is 10.6 Å². The van der Waals surface area contributed by atoms with Crippen molar-refractivity contribution in [3.05, 3.63) is 65.9 Å². The maximum absolute atomic E-state index is 12.0. The number of nitrogens with one attached hydrogen (secondary N) is 1. The van der Waals surface area contributed by atoms with Crippen LogP contribution in [0.3, 0.4) is 0 Å². The van der Waals surface area contributed by atoms with E-state index in [-0.39, 0.29) is 23.7 Å². The van der Waals surface area contributed by atoms with Gasteiger partial charge in [0.25, 0.3) is 0 Å². The topological polar surface area (TPSA) is 75.4 Å². The number of carbonyl (C=O) groups excluding carboxylic acids is 1. The summed E-state index contributed by atoms with van der Waals surface area (Å²) in [6.45, 7) is 0. The highest BCUT2D eigenvalue weighted by molar-refractivity contribution is 5.87. The van der Waals surface area contributed by atoms with Crippen molar-refractivity contribution in [1.29, 1.82) is 0 Å². The summed E-state index contributed by atoms with van der Waals surface area (Å²) in [5.74, 6) is -0.799. The van der Waals surface area contributed by atoms with Crippen LogP contribution in [0.15, 0.2) is 59.1 Å². The van der Waals surface area contributed by atoms with Gasteiger partial charge in [-0.25, -0.2) is 5.48 Å². The molecule has 110 valence electrons. The van der Waals surface area contributed by atoms with Crippen molar-refractivity contribution >= 4 is 16.9 Å². The summed E-state index contributed by atoms with van der Waals surface area (Å²) >= 11 is 0. The predicted octanol–water partition coefficient (Wildman–Crippen LogP) is 2.83. The average molecular weight is 294 g/mol. The molecule has 22 heavy (non-hydrogen) atoms. The van der Waals surface area contributed by atoms with E-state index in [1.165, 1.54) is 0 Å². The number of aromatic nitrogens is 1. The molecule has 1 aliphatic rings. The number of amides is 1. The highest BCUT2D eigenvalue weighted by atomic mass is 16.5. The molecule has 0 bridgehead atoms. The second kappa shape index (κ2) is 4.96. The van der Waals surface area contributed by atoms with Gasteiger partial charge in [0.1, 0.15) is 0 Å². The van der Waals surface area contributed by atoms with Crippen LogP contribution < -0.4 is 5.48 Å². The van der Waals surface area contributed by atoms with Crippen molar-refractivity contribution in [2.75, 3.05) is 0 Å². The van der Waals surface area contributed by atoms with Crippen LogP contribution in [0, 0.1) is 5.92 Å². The minimum Gasteiger partial charge on any atom is -0.356 e. The SMILES string of the molecule is O=C(NO)C1C(c2ccccc2)C1c1noc2ccccc12. The lowest BCUT2D eigenvalue weighted by atomic mass is 10.1. The number of nitrogens with zero attached hydrogens (tertiary/aromatic N) is 1. The van der Waals surface area contributed by atoms with E-state index in [0.717, 1.165) is 16.6 Å². The van der Waals surface area contributed by atoms with Crippen LogP contribution in [0.25, 0.3) is 11.0 Å². The quantitative estimate of drug-likeness (QED) is 0.575. The van der Waals surface area contributed by atoms with Crippen molar-refractivity contribution in [2.24, 2.45) is 5.92 Å². The molecule has 2 N–H and O–H groups in total. The summed E-state index contributed by atoms with van der Waals surface area (Å²) < 4.78 is 5.35. The van der Waals surface area contributed by atoms with Crippen LogP contribution in [-0.2, 0) is 4.79 Å². The molecule has 5 heteroatoms. The second-order valence-electron chi connectivity index (χ2n) is 5.53. The van der Waals surface area contributed by atoms with E-state index in [1.807, 2.05) is 54.6 Å². The Kier molecular flexibility index (Phi) is 2.94. The summed E-state index contributed by atoms with van der Waals surface area (Å²) in [5, 5.41) is 14.1. The van der Waals surface area contributed by atoms with Crippen LogP contribution in [-0.4, -0.2) is 16.3 Å². The van der Waals surface area contributed by atoms with E-state index >= 15 is 0 Å². The maximum Gasteiger partial charge on any atom is 0.247 e. The lowest BCUT2D eigenvalue weighted by Crippen LogP contribution is -2.21. The molecule has 1 saturated carbocycles. The molecule has 2 aromatic carbocycles. The number of rotatable bonds is 3. The smallest absolute Gasteiger partial charge is 0.247 e. The van der Waals surface area contributed by atoms with Crippen LogP contribution in [0.4, 0.5) is 0 Å². The standard InChI is InChI=1S/C17H14N2O3/c20-17(18-21)15-13(10-6-2-1-3-7-10)14(15)16-11-8-4-5-9-12(11)22-19-16/h1-9,13-15,21H,(H,18,20). The lowest BCUT2D eigenvalue weighted by molar-refractivity contribution is -0.130. The first-order valence-electron chi connectivity index (χ1n) is 7.14. The average Bonchev–Trinajstić information content (AvgIpc) is 3.18. The van der Waals surface area contributed by atoms with Crippen molar-refractivity contribution < 1.29 is 14.5 Å². The monoisotopic (exact) mass is 294 g/mol. The first-order valence-corrected chi connectivity index (χ1v) is 7.14. The fourth-order valence-electron chi connectivity index (χ4n) is 3.29. The van der Waals surface area contributed by atoms with Gasteiger partial charge in [0.2, 0.25) is 5.91 Å². The van der Waals surface area contributed by atoms with E-state index in [0.29, 0.717) is 5.58 Å². The summed E-state index contributed by atoms with van der Waals surface area (Å²) in [4.78, 5) is 12.0. The van der Waals surface area contributed by atoms with Crippen molar-refractivity contribution in [3.63, 3.8) is 0 Å².